The summed E-state index contributed by atoms with van der Waals surface area (Å²) in [5.41, 5.74) is -0.594. The molecule has 1 aliphatic rings. The smallest absolute Gasteiger partial charge is 0.403 e. The second-order valence-corrected chi connectivity index (χ2v) is 6.73. The van der Waals surface area contributed by atoms with Crippen LogP contribution in [0, 0.1) is 5.92 Å². The van der Waals surface area contributed by atoms with E-state index in [2.05, 4.69) is 6.92 Å². The van der Waals surface area contributed by atoms with Crippen LogP contribution in [-0.4, -0.2) is 24.1 Å². The average molecular weight is 268 g/mol. The van der Waals surface area contributed by atoms with Crippen molar-refractivity contribution in [2.45, 2.75) is 84.7 Å². The topological polar surface area (TPSA) is 35.5 Å². The van der Waals surface area contributed by atoms with Crippen LogP contribution in [-0.2, 0) is 14.1 Å². The van der Waals surface area contributed by atoms with Crippen LogP contribution in [0.1, 0.15) is 67.2 Å². The van der Waals surface area contributed by atoms with Crippen LogP contribution in [0.15, 0.2) is 0 Å². The normalized spacial score (nSPS) is 22.5. The first kappa shape index (κ1) is 16.7. The number of ketones is 1. The summed E-state index contributed by atoms with van der Waals surface area (Å²) < 4.78 is 11.8. The fraction of sp³-hybridized carbons (Fsp3) is 0.933. The van der Waals surface area contributed by atoms with E-state index >= 15 is 0 Å². The van der Waals surface area contributed by atoms with Gasteiger partial charge in [-0.25, -0.2) is 0 Å². The van der Waals surface area contributed by atoms with Crippen molar-refractivity contribution in [1.82, 2.24) is 0 Å². The zero-order valence-electron chi connectivity index (χ0n) is 13.4. The lowest BCUT2D eigenvalue weighted by molar-refractivity contribution is -0.122. The van der Waals surface area contributed by atoms with Gasteiger partial charge in [0.05, 0.1) is 11.2 Å². The maximum Gasteiger partial charge on any atom is 0.458 e. The van der Waals surface area contributed by atoms with Crippen molar-refractivity contribution in [3.8, 4) is 0 Å². The molecule has 0 spiro atoms. The Bertz CT molecular complexity index is 297. The number of carbonyl (C=O) groups is 1. The monoisotopic (exact) mass is 268 g/mol. The lowest BCUT2D eigenvalue weighted by atomic mass is 9.80. The van der Waals surface area contributed by atoms with Gasteiger partial charge in [0.15, 0.2) is 0 Å². The van der Waals surface area contributed by atoms with Crippen molar-refractivity contribution in [3.05, 3.63) is 0 Å². The molecule has 0 bridgehead atoms. The Morgan fingerprint density at radius 1 is 1.16 bits per heavy atom. The summed E-state index contributed by atoms with van der Waals surface area (Å²) in [6, 6.07) is 0. The molecule has 0 amide bonds. The maximum absolute atomic E-state index is 12.0. The Morgan fingerprint density at radius 3 is 2.16 bits per heavy atom. The summed E-state index contributed by atoms with van der Waals surface area (Å²) in [6.45, 7) is 12.3. The Hall–Kier alpha value is -0.345. The largest absolute Gasteiger partial charge is 0.458 e. The van der Waals surface area contributed by atoms with Crippen LogP contribution in [0.25, 0.3) is 0 Å². The Kier molecular flexibility index (Phi) is 5.63. The van der Waals surface area contributed by atoms with Crippen LogP contribution in [0.2, 0.25) is 6.32 Å². The van der Waals surface area contributed by atoms with Crippen molar-refractivity contribution in [1.29, 1.82) is 0 Å². The van der Waals surface area contributed by atoms with Gasteiger partial charge in [0.1, 0.15) is 5.78 Å². The summed E-state index contributed by atoms with van der Waals surface area (Å²) >= 11 is 0. The molecule has 1 saturated heterocycles. The molecular formula is C15H29BO3. The molecule has 1 heterocycles. The van der Waals surface area contributed by atoms with Crippen molar-refractivity contribution < 1.29 is 14.1 Å². The molecule has 0 saturated carbocycles. The highest BCUT2D eigenvalue weighted by Crippen LogP contribution is 2.38. The molecule has 1 unspecified atom stereocenters. The molecule has 1 rings (SSSR count). The van der Waals surface area contributed by atoms with Gasteiger partial charge in [-0.05, 0) is 40.4 Å². The molecule has 1 fully saturated rings. The number of carbonyl (C=O) groups excluding carboxylic acids is 1. The van der Waals surface area contributed by atoms with Gasteiger partial charge in [0.25, 0.3) is 0 Å². The molecule has 4 heteroatoms. The van der Waals surface area contributed by atoms with Crippen LogP contribution in [0.4, 0.5) is 0 Å². The van der Waals surface area contributed by atoms with Crippen LogP contribution < -0.4 is 0 Å². The molecule has 1 aliphatic heterocycles. The molecule has 1 atom stereocenters. The highest BCUT2D eigenvalue weighted by atomic mass is 16.7. The van der Waals surface area contributed by atoms with E-state index in [4.69, 9.17) is 9.31 Å². The van der Waals surface area contributed by atoms with E-state index < -0.39 is 0 Å². The Balaban J connectivity index is 2.36. The van der Waals surface area contributed by atoms with Gasteiger partial charge in [-0.15, -0.1) is 0 Å². The number of hydrogen-bond donors (Lipinski definition) is 0. The minimum atomic E-state index is -0.297. The maximum atomic E-state index is 12.0. The molecule has 0 N–H and O–H groups in total. The first-order chi connectivity index (χ1) is 8.69. The molecule has 0 aromatic carbocycles. The number of hydrogen-bond acceptors (Lipinski definition) is 3. The van der Waals surface area contributed by atoms with E-state index in [-0.39, 0.29) is 24.2 Å². The molecule has 19 heavy (non-hydrogen) atoms. The minimum absolute atomic E-state index is 0.169. The third-order valence-electron chi connectivity index (χ3n) is 4.47. The van der Waals surface area contributed by atoms with Crippen molar-refractivity contribution in [2.24, 2.45) is 5.92 Å². The number of Topliss-reactive ketones (excluding diaryl/α,β-unsaturated/α-hetero) is 1. The average Bonchev–Trinajstić information content (AvgIpc) is 2.51. The highest BCUT2D eigenvalue weighted by Gasteiger charge is 2.50. The third kappa shape index (κ3) is 4.32. The lowest BCUT2D eigenvalue weighted by Gasteiger charge is -2.32. The van der Waals surface area contributed by atoms with Gasteiger partial charge >= 0.3 is 7.12 Å². The van der Waals surface area contributed by atoms with Gasteiger partial charge in [0, 0.05) is 12.3 Å². The van der Waals surface area contributed by atoms with Gasteiger partial charge in [-0.1, -0.05) is 26.7 Å². The number of unbranched alkanes of at least 4 members (excludes halogenated alkanes) is 1. The zero-order valence-corrected chi connectivity index (χ0v) is 13.4. The third-order valence-corrected chi connectivity index (χ3v) is 4.47. The number of rotatable bonds is 7. The van der Waals surface area contributed by atoms with E-state index in [0.29, 0.717) is 18.5 Å². The predicted molar refractivity (Wildman–Crippen MR) is 79.2 cm³/mol. The van der Waals surface area contributed by atoms with E-state index in [1.165, 1.54) is 0 Å². The zero-order chi connectivity index (χ0) is 14.7. The molecule has 0 aromatic heterocycles. The molecule has 0 radical (unpaired) electrons. The second-order valence-electron chi connectivity index (χ2n) is 6.73. The summed E-state index contributed by atoms with van der Waals surface area (Å²) in [5.74, 6) is 0.505. The summed E-state index contributed by atoms with van der Waals surface area (Å²) in [5, 5.41) is 0. The second kappa shape index (κ2) is 6.40. The van der Waals surface area contributed by atoms with E-state index in [1.807, 2.05) is 34.6 Å². The molecule has 0 aromatic rings. The lowest BCUT2D eigenvalue weighted by Crippen LogP contribution is -2.41. The molecule has 110 valence electrons. The fourth-order valence-corrected chi connectivity index (χ4v) is 2.26. The summed E-state index contributed by atoms with van der Waals surface area (Å²) in [6.07, 6.45) is 4.50. The van der Waals surface area contributed by atoms with Crippen LogP contribution in [0.3, 0.4) is 0 Å². The Labute approximate surface area is 118 Å². The minimum Gasteiger partial charge on any atom is -0.403 e. The fourth-order valence-electron chi connectivity index (χ4n) is 2.26. The molecule has 0 aliphatic carbocycles. The van der Waals surface area contributed by atoms with E-state index in [1.54, 1.807) is 0 Å². The first-order valence-electron chi connectivity index (χ1n) is 7.58. The van der Waals surface area contributed by atoms with E-state index in [9.17, 15) is 4.79 Å². The van der Waals surface area contributed by atoms with Crippen molar-refractivity contribution in [2.75, 3.05) is 0 Å². The summed E-state index contributed by atoms with van der Waals surface area (Å²) in [4.78, 5) is 12.0. The van der Waals surface area contributed by atoms with Crippen molar-refractivity contribution >= 4 is 12.9 Å². The highest BCUT2D eigenvalue weighted by molar-refractivity contribution is 6.45. The van der Waals surface area contributed by atoms with Crippen LogP contribution >= 0.6 is 0 Å². The predicted octanol–water partition coefficient (Wildman–Crippen LogP) is 3.86. The van der Waals surface area contributed by atoms with Gasteiger partial charge in [-0.3, -0.25) is 4.79 Å². The standard InChI is InChI=1S/C15H29BO3/c1-7-8-9-12(2)13(17)10-11-16-18-14(3,4)15(5,6)19-16/h12H,7-11H2,1-6H3. The first-order valence-corrected chi connectivity index (χ1v) is 7.58. The SMILES string of the molecule is CCCCC(C)C(=O)CCB1OC(C)(C)C(C)(C)O1. The summed E-state index contributed by atoms with van der Waals surface area (Å²) in [7, 11) is -0.243. The van der Waals surface area contributed by atoms with Gasteiger partial charge in [-0.2, -0.15) is 0 Å². The molecule has 3 nitrogen and oxygen atoms in total. The van der Waals surface area contributed by atoms with Gasteiger partial charge < -0.3 is 9.31 Å². The van der Waals surface area contributed by atoms with Crippen LogP contribution in [0.5, 0.6) is 0 Å². The quantitative estimate of drug-likeness (QED) is 0.657. The molecular weight excluding hydrogens is 239 g/mol. The van der Waals surface area contributed by atoms with E-state index in [0.717, 1.165) is 19.3 Å². The Morgan fingerprint density at radius 2 is 1.68 bits per heavy atom. The van der Waals surface area contributed by atoms with Gasteiger partial charge in [0.2, 0.25) is 0 Å². The van der Waals surface area contributed by atoms with Crippen molar-refractivity contribution in [3.63, 3.8) is 0 Å².